The molecule has 1 aliphatic carbocycles. The Morgan fingerprint density at radius 2 is 1.95 bits per heavy atom. The van der Waals surface area contributed by atoms with E-state index in [9.17, 15) is 0 Å². The Hall–Kier alpha value is 0.130. The highest BCUT2D eigenvalue weighted by Gasteiger charge is 2.31. The Bertz CT molecular complexity index is 409. The van der Waals surface area contributed by atoms with Gasteiger partial charge in [-0.05, 0) is 40.4 Å². The van der Waals surface area contributed by atoms with Crippen molar-refractivity contribution in [3.05, 3.63) is 28.5 Å². The fourth-order valence-electron chi connectivity index (χ4n) is 2.73. The molecule has 20 heavy (non-hydrogen) atoms. The molecule has 0 radical (unpaired) electrons. The summed E-state index contributed by atoms with van der Waals surface area (Å²) in [6.45, 7) is 4.50. The van der Waals surface area contributed by atoms with Crippen LogP contribution in [-0.4, -0.2) is 36.1 Å². The summed E-state index contributed by atoms with van der Waals surface area (Å²) in [5, 5.41) is 3.43. The van der Waals surface area contributed by atoms with Crippen LogP contribution in [0.5, 0.6) is 0 Å². The van der Waals surface area contributed by atoms with Crippen LogP contribution in [0.15, 0.2) is 22.8 Å². The van der Waals surface area contributed by atoms with Crippen LogP contribution in [0.4, 0.5) is 0 Å². The number of rotatable bonds is 4. The molecule has 3 nitrogen and oxygen atoms in total. The summed E-state index contributed by atoms with van der Waals surface area (Å²) < 4.78 is 0.955. The van der Waals surface area contributed by atoms with Crippen LogP contribution < -0.4 is 5.32 Å². The van der Waals surface area contributed by atoms with Gasteiger partial charge in [0.15, 0.2) is 0 Å². The first-order chi connectivity index (χ1) is 8.83. The number of nitrogens with one attached hydrogen (secondary N) is 1. The van der Waals surface area contributed by atoms with Gasteiger partial charge in [0.1, 0.15) is 4.60 Å². The highest BCUT2D eigenvalue weighted by atomic mass is 79.9. The Morgan fingerprint density at radius 3 is 2.55 bits per heavy atom. The molecule has 0 aromatic carbocycles. The lowest BCUT2D eigenvalue weighted by Crippen LogP contribution is -2.45. The summed E-state index contributed by atoms with van der Waals surface area (Å²) in [6.07, 6.45) is 4.11. The molecule has 0 bridgehead atoms. The molecule has 1 atom stereocenters. The zero-order valence-electron chi connectivity index (χ0n) is 11.4. The van der Waals surface area contributed by atoms with Crippen molar-refractivity contribution in [3.63, 3.8) is 0 Å². The van der Waals surface area contributed by atoms with Crippen LogP contribution in [0.2, 0.25) is 0 Å². The molecule has 1 aromatic heterocycles. The summed E-state index contributed by atoms with van der Waals surface area (Å²) in [5.41, 5.74) is 1.23. The van der Waals surface area contributed by atoms with Gasteiger partial charge in [-0.15, -0.1) is 24.8 Å². The first-order valence-electron chi connectivity index (χ1n) is 6.90. The van der Waals surface area contributed by atoms with E-state index in [0.29, 0.717) is 6.04 Å². The molecule has 1 saturated carbocycles. The molecule has 2 aliphatic rings. The molecule has 1 N–H and O–H groups in total. The molecule has 6 heteroatoms. The van der Waals surface area contributed by atoms with Crippen molar-refractivity contribution in [2.75, 3.05) is 26.2 Å². The van der Waals surface area contributed by atoms with Crippen molar-refractivity contribution in [2.45, 2.75) is 25.3 Å². The van der Waals surface area contributed by atoms with Crippen LogP contribution in [0.1, 0.15) is 31.0 Å². The van der Waals surface area contributed by atoms with Gasteiger partial charge in [-0.2, -0.15) is 0 Å². The summed E-state index contributed by atoms with van der Waals surface area (Å²) in [5.74, 6) is 0.936. The molecule has 2 fully saturated rings. The second-order valence-electron chi connectivity index (χ2n) is 5.37. The largest absolute Gasteiger partial charge is 0.314 e. The Balaban J connectivity index is 0.000001000. The second kappa shape index (κ2) is 8.54. The topological polar surface area (TPSA) is 28.2 Å². The minimum atomic E-state index is 0. The van der Waals surface area contributed by atoms with Crippen molar-refractivity contribution in [3.8, 4) is 0 Å². The average molecular weight is 383 g/mol. The van der Waals surface area contributed by atoms with Gasteiger partial charge in [-0.3, -0.25) is 4.90 Å². The number of piperazine rings is 1. The molecule has 3 rings (SSSR count). The van der Waals surface area contributed by atoms with E-state index in [-0.39, 0.29) is 24.8 Å². The number of halogens is 3. The average Bonchev–Trinajstić information content (AvgIpc) is 3.21. The predicted molar refractivity (Wildman–Crippen MR) is 91.0 cm³/mol. The van der Waals surface area contributed by atoms with E-state index in [1.165, 1.54) is 25.0 Å². The van der Waals surface area contributed by atoms with Crippen LogP contribution in [0.25, 0.3) is 0 Å². The lowest BCUT2D eigenvalue weighted by Gasteiger charge is -2.34. The summed E-state index contributed by atoms with van der Waals surface area (Å²) in [7, 11) is 0. The van der Waals surface area contributed by atoms with Gasteiger partial charge in [0.25, 0.3) is 0 Å². The normalized spacial score (nSPS) is 20.6. The van der Waals surface area contributed by atoms with Gasteiger partial charge in [-0.1, -0.05) is 18.9 Å². The third-order valence-corrected chi connectivity index (χ3v) is 4.37. The van der Waals surface area contributed by atoms with Gasteiger partial charge in [0.2, 0.25) is 0 Å². The fraction of sp³-hybridized carbons (Fsp3) is 0.643. The molecular weight excluding hydrogens is 361 g/mol. The monoisotopic (exact) mass is 381 g/mol. The zero-order chi connectivity index (χ0) is 12.4. The minimum Gasteiger partial charge on any atom is -0.314 e. The van der Waals surface area contributed by atoms with E-state index in [2.05, 4.69) is 43.3 Å². The second-order valence-corrected chi connectivity index (χ2v) is 6.18. The molecule has 1 aliphatic heterocycles. The van der Waals surface area contributed by atoms with E-state index < -0.39 is 0 Å². The number of hydrogen-bond acceptors (Lipinski definition) is 3. The quantitative estimate of drug-likeness (QED) is 0.808. The maximum absolute atomic E-state index is 4.68. The van der Waals surface area contributed by atoms with Crippen molar-refractivity contribution in [2.24, 2.45) is 5.92 Å². The highest BCUT2D eigenvalue weighted by Crippen LogP contribution is 2.39. The van der Waals surface area contributed by atoms with Gasteiger partial charge < -0.3 is 5.32 Å². The summed E-state index contributed by atoms with van der Waals surface area (Å²) >= 11 is 3.49. The van der Waals surface area contributed by atoms with E-state index in [1.54, 1.807) is 0 Å². The Morgan fingerprint density at radius 1 is 1.25 bits per heavy atom. The minimum absolute atomic E-state index is 0. The number of pyridine rings is 1. The van der Waals surface area contributed by atoms with Crippen molar-refractivity contribution in [1.82, 2.24) is 15.2 Å². The standard InChI is InChI=1S/C14H20BrN3.2ClH/c15-14-3-1-2-12(17-14)13(10-11-4-5-11)18-8-6-16-7-9-18;;/h1-3,11,13,16H,4-10H2;2*1H/t13-;;/m0../s1. The van der Waals surface area contributed by atoms with Gasteiger partial charge in [0, 0.05) is 26.2 Å². The van der Waals surface area contributed by atoms with Crippen LogP contribution in [-0.2, 0) is 0 Å². The maximum atomic E-state index is 4.68. The predicted octanol–water partition coefficient (Wildman–Crippen LogP) is 3.43. The highest BCUT2D eigenvalue weighted by molar-refractivity contribution is 9.10. The van der Waals surface area contributed by atoms with Crippen molar-refractivity contribution >= 4 is 40.7 Å². The van der Waals surface area contributed by atoms with Crippen LogP contribution in [0, 0.1) is 5.92 Å². The van der Waals surface area contributed by atoms with Crippen LogP contribution >= 0.6 is 40.7 Å². The van der Waals surface area contributed by atoms with Gasteiger partial charge >= 0.3 is 0 Å². The first kappa shape index (κ1) is 18.2. The van der Waals surface area contributed by atoms with E-state index >= 15 is 0 Å². The molecular formula is C14H22BrCl2N3. The van der Waals surface area contributed by atoms with E-state index in [1.807, 2.05) is 6.07 Å². The maximum Gasteiger partial charge on any atom is 0.106 e. The van der Waals surface area contributed by atoms with Crippen molar-refractivity contribution in [1.29, 1.82) is 0 Å². The molecule has 1 aromatic rings. The number of aromatic nitrogens is 1. The SMILES string of the molecule is Brc1cccc([C@H](CC2CC2)N2CCNCC2)n1.Cl.Cl. The molecule has 0 spiro atoms. The van der Waals surface area contributed by atoms with Crippen LogP contribution in [0.3, 0.4) is 0 Å². The van der Waals surface area contributed by atoms with Gasteiger partial charge in [-0.25, -0.2) is 4.98 Å². The smallest absolute Gasteiger partial charge is 0.106 e. The van der Waals surface area contributed by atoms with Gasteiger partial charge in [0.05, 0.1) is 11.7 Å². The summed E-state index contributed by atoms with van der Waals surface area (Å²) in [4.78, 5) is 7.28. The van der Waals surface area contributed by atoms with E-state index in [0.717, 1.165) is 36.7 Å². The first-order valence-corrected chi connectivity index (χ1v) is 7.69. The van der Waals surface area contributed by atoms with Crippen molar-refractivity contribution < 1.29 is 0 Å². The molecule has 2 heterocycles. The molecule has 114 valence electrons. The Labute approximate surface area is 141 Å². The Kier molecular flexibility index (Phi) is 7.77. The molecule has 0 amide bonds. The third-order valence-electron chi connectivity index (χ3n) is 3.92. The molecule has 1 saturated heterocycles. The molecule has 0 unspecified atom stereocenters. The van der Waals surface area contributed by atoms with E-state index in [4.69, 9.17) is 0 Å². The summed E-state index contributed by atoms with van der Waals surface area (Å²) in [6, 6.07) is 6.81. The zero-order valence-corrected chi connectivity index (χ0v) is 14.6. The third kappa shape index (κ3) is 4.85. The fourth-order valence-corrected chi connectivity index (χ4v) is 3.09. The number of nitrogens with zero attached hydrogens (tertiary/aromatic N) is 2. The number of hydrogen-bond donors (Lipinski definition) is 1. The lowest BCUT2D eigenvalue weighted by molar-refractivity contribution is 0.157. The lowest BCUT2D eigenvalue weighted by atomic mass is 10.0.